The summed E-state index contributed by atoms with van der Waals surface area (Å²) in [7, 11) is -0.769. The summed E-state index contributed by atoms with van der Waals surface area (Å²) in [4.78, 5) is 20.2. The average Bonchev–Trinajstić information content (AvgIpc) is 3.59. The van der Waals surface area contributed by atoms with Crippen LogP contribution in [0.15, 0.2) is 64.1 Å². The Morgan fingerprint density at radius 1 is 1.00 bits per heavy atom. The number of rotatable bonds is 12. The number of ether oxygens (including phenoxy) is 2. The van der Waals surface area contributed by atoms with Crippen LogP contribution in [-0.2, 0) is 26.0 Å². The van der Waals surface area contributed by atoms with Crippen molar-refractivity contribution in [3.05, 3.63) is 77.2 Å². The molecule has 11 heteroatoms. The normalized spacial score (nSPS) is 11.9. The number of carbonyl (C=O) groups is 1. The molecule has 1 amide bonds. The van der Waals surface area contributed by atoms with Gasteiger partial charge in [0.1, 0.15) is 5.76 Å². The molecule has 0 saturated carbocycles. The van der Waals surface area contributed by atoms with Crippen LogP contribution >= 0.6 is 11.3 Å². The highest BCUT2D eigenvalue weighted by atomic mass is 32.2. The maximum Gasteiger partial charge on any atom is 0.260 e. The van der Waals surface area contributed by atoms with E-state index in [9.17, 15) is 13.2 Å². The van der Waals surface area contributed by atoms with Crippen LogP contribution in [0, 0.1) is 13.8 Å². The zero-order chi connectivity index (χ0) is 27.3. The fourth-order valence-corrected chi connectivity index (χ4v) is 6.36. The van der Waals surface area contributed by atoms with Crippen molar-refractivity contribution in [2.75, 3.05) is 45.4 Å². The van der Waals surface area contributed by atoms with Gasteiger partial charge in [0.15, 0.2) is 5.13 Å². The predicted molar refractivity (Wildman–Crippen MR) is 147 cm³/mol. The largest absolute Gasteiger partial charge is 0.467 e. The van der Waals surface area contributed by atoms with Crippen LogP contribution in [0.25, 0.3) is 10.2 Å². The molecule has 2 aromatic heterocycles. The summed E-state index contributed by atoms with van der Waals surface area (Å²) >= 11 is 1.43. The minimum absolute atomic E-state index is 0.0879. The molecule has 4 aromatic rings. The molecule has 0 spiro atoms. The molecule has 202 valence electrons. The number of hydrogen-bond donors (Lipinski definition) is 0. The molecular weight excluding hydrogens is 526 g/mol. The Labute approximate surface area is 226 Å². The molecule has 0 radical (unpaired) electrons. The van der Waals surface area contributed by atoms with Crippen LogP contribution in [-0.4, -0.2) is 64.1 Å². The number of aromatic nitrogens is 1. The number of benzene rings is 2. The third-order valence-electron chi connectivity index (χ3n) is 6.27. The number of nitrogens with zero attached hydrogens (tertiary/aromatic N) is 3. The summed E-state index contributed by atoms with van der Waals surface area (Å²) in [6.45, 7) is 5.12. The van der Waals surface area contributed by atoms with Gasteiger partial charge in [0.2, 0.25) is 10.0 Å². The van der Waals surface area contributed by atoms with Crippen LogP contribution in [0.5, 0.6) is 0 Å². The van der Waals surface area contributed by atoms with Crippen LogP contribution in [0.4, 0.5) is 5.13 Å². The number of anilines is 1. The molecule has 0 unspecified atom stereocenters. The number of hydrogen-bond acceptors (Lipinski definition) is 8. The summed E-state index contributed by atoms with van der Waals surface area (Å²) in [6.07, 6.45) is 1.56. The van der Waals surface area contributed by atoms with E-state index in [0.29, 0.717) is 16.5 Å². The van der Waals surface area contributed by atoms with E-state index in [4.69, 9.17) is 18.9 Å². The Morgan fingerprint density at radius 2 is 1.68 bits per heavy atom. The van der Waals surface area contributed by atoms with E-state index in [-0.39, 0.29) is 43.7 Å². The lowest BCUT2D eigenvalue weighted by atomic mass is 10.1. The lowest BCUT2D eigenvalue weighted by Gasteiger charge is -2.22. The second-order valence-electron chi connectivity index (χ2n) is 8.74. The molecule has 4 rings (SSSR count). The first-order valence-corrected chi connectivity index (χ1v) is 14.3. The van der Waals surface area contributed by atoms with Crippen LogP contribution < -0.4 is 4.90 Å². The number of aryl methyl sites for hydroxylation is 2. The number of thiazole rings is 1. The summed E-state index contributed by atoms with van der Waals surface area (Å²) in [5.41, 5.74) is 3.38. The topological polar surface area (TPSA) is 102 Å². The molecule has 0 fully saturated rings. The van der Waals surface area contributed by atoms with E-state index in [1.54, 1.807) is 23.3 Å². The highest BCUT2D eigenvalue weighted by Crippen LogP contribution is 2.33. The van der Waals surface area contributed by atoms with Gasteiger partial charge in [-0.3, -0.25) is 9.69 Å². The number of carbonyl (C=O) groups excluding carboxylic acids is 1. The van der Waals surface area contributed by atoms with E-state index in [1.165, 1.54) is 54.1 Å². The zero-order valence-electron chi connectivity index (χ0n) is 21.8. The van der Waals surface area contributed by atoms with E-state index < -0.39 is 10.0 Å². The fourth-order valence-electron chi connectivity index (χ4n) is 3.93. The van der Waals surface area contributed by atoms with Gasteiger partial charge >= 0.3 is 0 Å². The summed E-state index contributed by atoms with van der Waals surface area (Å²) in [5, 5.41) is 0.539. The second-order valence-corrected chi connectivity index (χ2v) is 11.7. The lowest BCUT2D eigenvalue weighted by molar-refractivity contribution is 0.0983. The number of amides is 1. The highest BCUT2D eigenvalue weighted by molar-refractivity contribution is 7.89. The van der Waals surface area contributed by atoms with Crippen molar-refractivity contribution in [1.82, 2.24) is 9.29 Å². The molecule has 0 aliphatic carbocycles. The van der Waals surface area contributed by atoms with E-state index in [0.717, 1.165) is 21.3 Å². The van der Waals surface area contributed by atoms with Gasteiger partial charge in [-0.15, -0.1) is 0 Å². The number of methoxy groups -OCH3 is 2. The SMILES string of the molecule is COCCN(CCOC)S(=O)(=O)c1ccc(C(=O)N(Cc2ccco2)c2nc3c(C)c(C)ccc3s2)cc1. The first kappa shape index (κ1) is 27.9. The van der Waals surface area contributed by atoms with Gasteiger partial charge in [-0.05, 0) is 67.4 Å². The third-order valence-corrected chi connectivity index (χ3v) is 9.23. The van der Waals surface area contributed by atoms with Gasteiger partial charge in [0.25, 0.3) is 5.91 Å². The Balaban J connectivity index is 1.65. The molecule has 2 heterocycles. The summed E-state index contributed by atoms with van der Waals surface area (Å²) in [6, 6.07) is 13.6. The summed E-state index contributed by atoms with van der Waals surface area (Å²) < 4.78 is 44.5. The van der Waals surface area contributed by atoms with Crippen LogP contribution in [0.3, 0.4) is 0 Å². The first-order chi connectivity index (χ1) is 18.3. The fraction of sp³-hybridized carbons (Fsp3) is 0.333. The van der Waals surface area contributed by atoms with Crippen molar-refractivity contribution in [2.45, 2.75) is 25.3 Å². The van der Waals surface area contributed by atoms with Gasteiger partial charge in [-0.2, -0.15) is 4.31 Å². The minimum atomic E-state index is -3.80. The number of sulfonamides is 1. The van der Waals surface area contributed by atoms with Crippen molar-refractivity contribution < 1.29 is 27.1 Å². The highest BCUT2D eigenvalue weighted by Gasteiger charge is 2.26. The van der Waals surface area contributed by atoms with E-state index in [1.807, 2.05) is 26.0 Å². The van der Waals surface area contributed by atoms with Crippen LogP contribution in [0.1, 0.15) is 27.2 Å². The third kappa shape index (κ3) is 5.97. The molecule has 0 atom stereocenters. The Morgan fingerprint density at radius 3 is 2.29 bits per heavy atom. The van der Waals surface area contributed by atoms with Gasteiger partial charge in [0, 0.05) is 32.9 Å². The maximum atomic E-state index is 13.7. The number of fused-ring (bicyclic) bond motifs is 1. The average molecular weight is 558 g/mol. The second kappa shape index (κ2) is 12.2. The first-order valence-electron chi connectivity index (χ1n) is 12.1. The van der Waals surface area contributed by atoms with Crippen molar-refractivity contribution in [3.63, 3.8) is 0 Å². The van der Waals surface area contributed by atoms with Crippen molar-refractivity contribution >= 4 is 42.6 Å². The van der Waals surface area contributed by atoms with Gasteiger partial charge in [-0.1, -0.05) is 17.4 Å². The lowest BCUT2D eigenvalue weighted by Crippen LogP contribution is -2.36. The Bertz CT molecular complexity index is 1470. The number of furan rings is 1. The standard InChI is InChI=1S/C27H31N3O6S2/c1-19-7-12-24-25(20(19)2)28-27(37-24)30(18-22-6-5-15-36-22)26(31)21-8-10-23(11-9-21)38(32,33)29(13-16-34-3)14-17-35-4/h5-12,15H,13-14,16-18H2,1-4H3. The van der Waals surface area contributed by atoms with Gasteiger partial charge in [0.05, 0.1) is 41.1 Å². The van der Waals surface area contributed by atoms with Gasteiger partial charge < -0.3 is 13.9 Å². The van der Waals surface area contributed by atoms with Crippen molar-refractivity contribution in [1.29, 1.82) is 0 Å². The maximum absolute atomic E-state index is 13.7. The molecule has 9 nitrogen and oxygen atoms in total. The molecule has 2 aromatic carbocycles. The monoisotopic (exact) mass is 557 g/mol. The molecule has 0 aliphatic rings. The summed E-state index contributed by atoms with van der Waals surface area (Å²) in [5.74, 6) is 0.297. The Kier molecular flexibility index (Phi) is 8.95. The molecular formula is C27H31N3O6S2. The van der Waals surface area contributed by atoms with Gasteiger partial charge in [-0.25, -0.2) is 13.4 Å². The molecule has 0 aliphatic heterocycles. The minimum Gasteiger partial charge on any atom is -0.467 e. The quantitative estimate of drug-likeness (QED) is 0.250. The van der Waals surface area contributed by atoms with E-state index in [2.05, 4.69) is 0 Å². The Hall–Kier alpha value is -3.09. The van der Waals surface area contributed by atoms with Crippen molar-refractivity contribution in [2.24, 2.45) is 0 Å². The molecule has 0 N–H and O–H groups in total. The smallest absolute Gasteiger partial charge is 0.260 e. The molecule has 0 bridgehead atoms. The molecule has 38 heavy (non-hydrogen) atoms. The zero-order valence-corrected chi connectivity index (χ0v) is 23.5. The van der Waals surface area contributed by atoms with Crippen LogP contribution in [0.2, 0.25) is 0 Å². The van der Waals surface area contributed by atoms with E-state index >= 15 is 0 Å². The predicted octanol–water partition coefficient (Wildman–Crippen LogP) is 4.64. The molecule has 0 saturated heterocycles. The van der Waals surface area contributed by atoms with Crippen molar-refractivity contribution in [3.8, 4) is 0 Å².